The first kappa shape index (κ1) is 11.3. The van der Waals surface area contributed by atoms with Crippen LogP contribution in [-0.4, -0.2) is 10.9 Å². The highest BCUT2D eigenvalue weighted by atomic mass is 32.1. The summed E-state index contributed by atoms with van der Waals surface area (Å²) in [7, 11) is 0. The van der Waals surface area contributed by atoms with E-state index in [1.807, 2.05) is 24.6 Å². The van der Waals surface area contributed by atoms with Crippen molar-refractivity contribution in [3.05, 3.63) is 38.5 Å². The van der Waals surface area contributed by atoms with E-state index in [0.29, 0.717) is 0 Å². The monoisotopic (exact) mass is 252 g/mol. The van der Waals surface area contributed by atoms with E-state index < -0.39 is 0 Å². The lowest BCUT2D eigenvalue weighted by atomic mass is 10.2. The Labute approximate surface area is 102 Å². The summed E-state index contributed by atoms with van der Waals surface area (Å²) in [5.41, 5.74) is 3.56. The van der Waals surface area contributed by atoms with Crippen molar-refractivity contribution >= 4 is 28.6 Å². The van der Waals surface area contributed by atoms with Crippen LogP contribution >= 0.6 is 22.7 Å². The fourth-order valence-electron chi connectivity index (χ4n) is 1.38. The second-order valence-corrected chi connectivity index (χ2v) is 5.23. The molecule has 0 radical (unpaired) electrons. The van der Waals surface area contributed by atoms with E-state index in [4.69, 9.17) is 0 Å². The normalized spacial score (nSPS) is 12.4. The van der Waals surface area contributed by atoms with Gasteiger partial charge in [-0.3, -0.25) is 9.78 Å². The van der Waals surface area contributed by atoms with Gasteiger partial charge in [-0.25, -0.2) is 0 Å². The van der Waals surface area contributed by atoms with Gasteiger partial charge >= 0.3 is 0 Å². The summed E-state index contributed by atoms with van der Waals surface area (Å²) in [5.74, 6) is -0.0142. The number of hydrogen-bond acceptors (Lipinski definition) is 4. The first-order valence-corrected chi connectivity index (χ1v) is 6.72. The largest absolute Gasteiger partial charge is 0.345 e. The smallest absolute Gasteiger partial charge is 0.252 e. The van der Waals surface area contributed by atoms with Crippen LogP contribution in [0.25, 0.3) is 0 Å². The second kappa shape index (κ2) is 4.76. The van der Waals surface area contributed by atoms with Crippen molar-refractivity contribution in [1.82, 2.24) is 10.3 Å². The number of amides is 1. The van der Waals surface area contributed by atoms with Crippen LogP contribution in [0.1, 0.15) is 33.8 Å². The summed E-state index contributed by atoms with van der Waals surface area (Å²) in [6, 6.07) is 0.0132. The number of nitrogens with one attached hydrogen (secondary N) is 1. The molecule has 1 atom stereocenters. The van der Waals surface area contributed by atoms with Crippen molar-refractivity contribution in [1.29, 1.82) is 0 Å². The summed E-state index contributed by atoms with van der Waals surface area (Å²) in [5, 5.41) is 6.82. The molecule has 2 heterocycles. The summed E-state index contributed by atoms with van der Waals surface area (Å²) in [6.45, 7) is 3.91. The molecule has 0 spiro atoms. The molecule has 0 aliphatic heterocycles. The molecule has 16 heavy (non-hydrogen) atoms. The molecular formula is C11H12N2OS2. The molecule has 0 saturated carbocycles. The molecule has 2 aromatic heterocycles. The van der Waals surface area contributed by atoms with Crippen molar-refractivity contribution < 1.29 is 4.79 Å². The fourth-order valence-corrected chi connectivity index (χ4v) is 2.83. The Morgan fingerprint density at radius 1 is 1.50 bits per heavy atom. The van der Waals surface area contributed by atoms with Crippen molar-refractivity contribution in [3.63, 3.8) is 0 Å². The first-order chi connectivity index (χ1) is 7.68. The van der Waals surface area contributed by atoms with Crippen LogP contribution in [0.4, 0.5) is 0 Å². The van der Waals surface area contributed by atoms with E-state index in [9.17, 15) is 4.79 Å². The third-order valence-corrected chi connectivity index (χ3v) is 4.15. The molecule has 1 N–H and O–H groups in total. The number of thiophene rings is 1. The van der Waals surface area contributed by atoms with Gasteiger partial charge in [0.2, 0.25) is 0 Å². The van der Waals surface area contributed by atoms with E-state index in [-0.39, 0.29) is 11.9 Å². The van der Waals surface area contributed by atoms with E-state index in [1.54, 1.807) is 34.4 Å². The molecule has 1 amide bonds. The summed E-state index contributed by atoms with van der Waals surface area (Å²) in [6.07, 6.45) is 1.79. The molecule has 0 aliphatic rings. The summed E-state index contributed by atoms with van der Waals surface area (Å²) >= 11 is 3.10. The van der Waals surface area contributed by atoms with Gasteiger partial charge in [-0.05, 0) is 24.8 Å². The highest BCUT2D eigenvalue weighted by Crippen LogP contribution is 2.19. The Hall–Kier alpha value is -1.20. The number of carbonyl (C=O) groups excluding carboxylic acids is 1. The number of aromatic nitrogens is 1. The highest BCUT2D eigenvalue weighted by Gasteiger charge is 2.14. The third kappa shape index (κ3) is 2.31. The van der Waals surface area contributed by atoms with Crippen LogP contribution in [0.3, 0.4) is 0 Å². The second-order valence-electron chi connectivity index (χ2n) is 3.57. The van der Waals surface area contributed by atoms with Crippen LogP contribution in [0, 0.1) is 6.92 Å². The van der Waals surface area contributed by atoms with E-state index in [2.05, 4.69) is 10.3 Å². The van der Waals surface area contributed by atoms with Gasteiger partial charge in [0.1, 0.15) is 0 Å². The number of rotatable bonds is 3. The van der Waals surface area contributed by atoms with Gasteiger partial charge in [0.15, 0.2) is 0 Å². The number of hydrogen-bond donors (Lipinski definition) is 1. The molecule has 0 fully saturated rings. The minimum absolute atomic E-state index is 0.0132. The van der Waals surface area contributed by atoms with E-state index in [0.717, 1.165) is 16.0 Å². The van der Waals surface area contributed by atoms with Crippen molar-refractivity contribution in [3.8, 4) is 0 Å². The topological polar surface area (TPSA) is 42.0 Å². The highest BCUT2D eigenvalue weighted by molar-refractivity contribution is 7.09. The average molecular weight is 252 g/mol. The van der Waals surface area contributed by atoms with Gasteiger partial charge in [0, 0.05) is 16.5 Å². The van der Waals surface area contributed by atoms with Crippen LogP contribution in [0.5, 0.6) is 0 Å². The molecule has 5 heteroatoms. The maximum Gasteiger partial charge on any atom is 0.252 e. The molecule has 84 valence electrons. The van der Waals surface area contributed by atoms with Crippen LogP contribution in [0.2, 0.25) is 0 Å². The number of carbonyl (C=O) groups is 1. The Morgan fingerprint density at radius 3 is 2.88 bits per heavy atom. The minimum atomic E-state index is -0.0142. The zero-order valence-corrected chi connectivity index (χ0v) is 10.7. The third-order valence-electron chi connectivity index (χ3n) is 2.33. The lowest BCUT2D eigenvalue weighted by Gasteiger charge is -2.11. The van der Waals surface area contributed by atoms with Gasteiger partial charge < -0.3 is 5.32 Å². The van der Waals surface area contributed by atoms with Gasteiger partial charge in [0.05, 0.1) is 17.1 Å². The zero-order valence-electron chi connectivity index (χ0n) is 9.06. The predicted octanol–water partition coefficient (Wildman–Crippen LogP) is 3.00. The van der Waals surface area contributed by atoms with Crippen molar-refractivity contribution in [2.45, 2.75) is 19.9 Å². The van der Waals surface area contributed by atoms with Gasteiger partial charge in [-0.1, -0.05) is 0 Å². The van der Waals surface area contributed by atoms with Crippen LogP contribution < -0.4 is 5.32 Å². The average Bonchev–Trinajstić information content (AvgIpc) is 2.86. The first-order valence-electron chi connectivity index (χ1n) is 4.90. The Kier molecular flexibility index (Phi) is 3.36. The number of aryl methyl sites for hydroxylation is 1. The molecule has 2 aromatic rings. The SMILES string of the molecule is Cc1cscc1C(=O)N[C@@H](C)c1cncs1. The Bertz CT molecular complexity index is 476. The molecular weight excluding hydrogens is 240 g/mol. The minimum Gasteiger partial charge on any atom is -0.345 e. The van der Waals surface area contributed by atoms with E-state index >= 15 is 0 Å². The molecule has 3 nitrogen and oxygen atoms in total. The molecule has 0 aliphatic carbocycles. The predicted molar refractivity (Wildman–Crippen MR) is 67.1 cm³/mol. The van der Waals surface area contributed by atoms with Crippen molar-refractivity contribution in [2.75, 3.05) is 0 Å². The van der Waals surface area contributed by atoms with E-state index in [1.165, 1.54) is 0 Å². The van der Waals surface area contributed by atoms with Gasteiger partial charge in [-0.2, -0.15) is 11.3 Å². The summed E-state index contributed by atoms with van der Waals surface area (Å²) < 4.78 is 0. The lowest BCUT2D eigenvalue weighted by Crippen LogP contribution is -2.26. The zero-order chi connectivity index (χ0) is 11.5. The standard InChI is InChI=1S/C11H12N2OS2/c1-7-4-15-5-9(7)11(14)13-8(2)10-3-12-6-16-10/h3-6,8H,1-2H3,(H,13,14)/t8-/m0/s1. The molecule has 0 unspecified atom stereocenters. The fraction of sp³-hybridized carbons (Fsp3) is 0.273. The summed E-state index contributed by atoms with van der Waals surface area (Å²) in [4.78, 5) is 17.0. The molecule has 0 aromatic carbocycles. The Balaban J connectivity index is 2.06. The number of nitrogens with zero attached hydrogens (tertiary/aromatic N) is 1. The Morgan fingerprint density at radius 2 is 2.31 bits per heavy atom. The maximum atomic E-state index is 11.9. The van der Waals surface area contributed by atoms with Gasteiger partial charge in [0.25, 0.3) is 5.91 Å². The lowest BCUT2D eigenvalue weighted by molar-refractivity contribution is 0.0940. The maximum absolute atomic E-state index is 11.9. The van der Waals surface area contributed by atoms with Gasteiger partial charge in [-0.15, -0.1) is 11.3 Å². The van der Waals surface area contributed by atoms with Crippen LogP contribution in [-0.2, 0) is 0 Å². The molecule has 0 bridgehead atoms. The quantitative estimate of drug-likeness (QED) is 0.912. The number of thiazole rings is 1. The van der Waals surface area contributed by atoms with Crippen LogP contribution in [0.15, 0.2) is 22.5 Å². The van der Waals surface area contributed by atoms with Crippen molar-refractivity contribution in [2.24, 2.45) is 0 Å². The molecule has 2 rings (SSSR count). The molecule has 0 saturated heterocycles.